The standard InChI is InChI=1S/C35H20N2O2/c1-2-8-24-21(7-1)13-16-26-25-9-3-5-11-30(25)37(34(24)26)23-15-18-32-28(20-23)27-19-22(14-17-31(27)38-32)35-36-29-10-4-6-12-33(29)39-35/h1-20H. The molecule has 0 radical (unpaired) electrons. The zero-order chi connectivity index (χ0) is 25.5. The lowest BCUT2D eigenvalue weighted by atomic mass is 10.1. The number of oxazole rings is 1. The lowest BCUT2D eigenvalue weighted by Gasteiger charge is -2.10. The molecule has 0 atom stereocenters. The van der Waals surface area contributed by atoms with Gasteiger partial charge in [-0.2, -0.15) is 0 Å². The Morgan fingerprint density at radius 3 is 2.21 bits per heavy atom. The Hall–Kier alpha value is -5.35. The molecule has 9 rings (SSSR count). The second kappa shape index (κ2) is 7.59. The molecule has 0 saturated heterocycles. The number of furan rings is 1. The number of benzene rings is 6. The molecular formula is C35H20N2O2. The van der Waals surface area contributed by atoms with Crippen LogP contribution in [-0.4, -0.2) is 9.55 Å². The van der Waals surface area contributed by atoms with Gasteiger partial charge in [-0.1, -0.05) is 66.7 Å². The molecule has 9 aromatic rings. The van der Waals surface area contributed by atoms with Gasteiger partial charge in [0.1, 0.15) is 16.7 Å². The average molecular weight is 501 g/mol. The van der Waals surface area contributed by atoms with E-state index in [0.29, 0.717) is 5.89 Å². The van der Waals surface area contributed by atoms with Crippen molar-refractivity contribution < 1.29 is 8.83 Å². The fourth-order valence-electron chi connectivity index (χ4n) is 6.03. The van der Waals surface area contributed by atoms with Crippen molar-refractivity contribution in [2.75, 3.05) is 0 Å². The summed E-state index contributed by atoms with van der Waals surface area (Å²) >= 11 is 0. The van der Waals surface area contributed by atoms with E-state index in [4.69, 9.17) is 13.8 Å². The molecule has 0 unspecified atom stereocenters. The fraction of sp³-hybridized carbons (Fsp3) is 0. The summed E-state index contributed by atoms with van der Waals surface area (Å²) in [5.41, 5.74) is 7.76. The first-order chi connectivity index (χ1) is 19.3. The quantitative estimate of drug-likeness (QED) is 0.237. The molecule has 0 fully saturated rings. The number of aromatic nitrogens is 2. The highest BCUT2D eigenvalue weighted by molar-refractivity contribution is 6.19. The largest absolute Gasteiger partial charge is 0.456 e. The maximum absolute atomic E-state index is 6.26. The lowest BCUT2D eigenvalue weighted by molar-refractivity contribution is 0.620. The van der Waals surface area contributed by atoms with Crippen molar-refractivity contribution in [2.24, 2.45) is 0 Å². The Labute approximate surface area is 222 Å². The van der Waals surface area contributed by atoms with Crippen LogP contribution in [-0.2, 0) is 0 Å². The summed E-state index contributed by atoms with van der Waals surface area (Å²) in [6, 6.07) is 42.2. The van der Waals surface area contributed by atoms with E-state index in [2.05, 4.69) is 89.5 Å². The first kappa shape index (κ1) is 20.7. The molecule has 4 heteroatoms. The predicted octanol–water partition coefficient (Wildman–Crippen LogP) is 9.64. The minimum absolute atomic E-state index is 0.609. The van der Waals surface area contributed by atoms with Gasteiger partial charge < -0.3 is 13.4 Å². The molecule has 39 heavy (non-hydrogen) atoms. The molecule has 0 aliphatic rings. The summed E-state index contributed by atoms with van der Waals surface area (Å²) < 4.78 is 14.7. The molecule has 0 aliphatic heterocycles. The van der Waals surface area contributed by atoms with Gasteiger partial charge in [-0.25, -0.2) is 4.98 Å². The van der Waals surface area contributed by atoms with Crippen molar-refractivity contribution in [3.63, 3.8) is 0 Å². The van der Waals surface area contributed by atoms with Gasteiger partial charge in [0.2, 0.25) is 5.89 Å². The van der Waals surface area contributed by atoms with Gasteiger partial charge in [-0.05, 0) is 60.0 Å². The number of hydrogen-bond donors (Lipinski definition) is 0. The number of nitrogens with zero attached hydrogens (tertiary/aromatic N) is 2. The molecule has 4 nitrogen and oxygen atoms in total. The van der Waals surface area contributed by atoms with Crippen molar-refractivity contribution in [2.45, 2.75) is 0 Å². The van der Waals surface area contributed by atoms with E-state index in [1.807, 2.05) is 36.4 Å². The molecule has 0 spiro atoms. The van der Waals surface area contributed by atoms with Crippen LogP contribution in [0.25, 0.3) is 82.8 Å². The highest BCUT2D eigenvalue weighted by atomic mass is 16.3. The monoisotopic (exact) mass is 500 g/mol. The van der Waals surface area contributed by atoms with Crippen LogP contribution in [0.2, 0.25) is 0 Å². The minimum Gasteiger partial charge on any atom is -0.456 e. The highest BCUT2D eigenvalue weighted by Crippen LogP contribution is 2.39. The van der Waals surface area contributed by atoms with Crippen LogP contribution < -0.4 is 0 Å². The predicted molar refractivity (Wildman–Crippen MR) is 159 cm³/mol. The third-order valence-corrected chi connectivity index (χ3v) is 7.81. The first-order valence-electron chi connectivity index (χ1n) is 13.1. The summed E-state index contributed by atoms with van der Waals surface area (Å²) in [6.07, 6.45) is 0. The second-order valence-corrected chi connectivity index (χ2v) is 10.0. The van der Waals surface area contributed by atoms with Crippen LogP contribution in [0.3, 0.4) is 0 Å². The molecule has 3 aromatic heterocycles. The second-order valence-electron chi connectivity index (χ2n) is 10.0. The van der Waals surface area contributed by atoms with Crippen LogP contribution >= 0.6 is 0 Å². The third kappa shape index (κ3) is 2.91. The number of hydrogen-bond acceptors (Lipinski definition) is 3. The van der Waals surface area contributed by atoms with Gasteiger partial charge in [0.25, 0.3) is 0 Å². The normalized spacial score (nSPS) is 12.1. The van der Waals surface area contributed by atoms with Gasteiger partial charge >= 0.3 is 0 Å². The molecule has 3 heterocycles. The average Bonchev–Trinajstić information content (AvgIpc) is 3.68. The smallest absolute Gasteiger partial charge is 0.227 e. The maximum Gasteiger partial charge on any atom is 0.227 e. The van der Waals surface area contributed by atoms with Crippen LogP contribution in [0.15, 0.2) is 130 Å². The van der Waals surface area contributed by atoms with E-state index < -0.39 is 0 Å². The Bertz CT molecular complexity index is 2370. The minimum atomic E-state index is 0.609. The van der Waals surface area contributed by atoms with Crippen molar-refractivity contribution >= 4 is 65.6 Å². The number of para-hydroxylation sites is 3. The summed E-state index contributed by atoms with van der Waals surface area (Å²) in [5.74, 6) is 0.609. The molecule has 0 aliphatic carbocycles. The van der Waals surface area contributed by atoms with E-state index in [1.54, 1.807) is 0 Å². The van der Waals surface area contributed by atoms with Crippen molar-refractivity contribution in [3.8, 4) is 17.1 Å². The van der Waals surface area contributed by atoms with Gasteiger partial charge in [0.15, 0.2) is 5.58 Å². The van der Waals surface area contributed by atoms with E-state index in [0.717, 1.165) is 44.3 Å². The molecule has 0 N–H and O–H groups in total. The molecule has 0 saturated carbocycles. The van der Waals surface area contributed by atoms with Crippen LogP contribution in [0.4, 0.5) is 0 Å². The van der Waals surface area contributed by atoms with Crippen molar-refractivity contribution in [1.82, 2.24) is 9.55 Å². The highest BCUT2D eigenvalue weighted by Gasteiger charge is 2.17. The zero-order valence-electron chi connectivity index (χ0n) is 20.8. The molecular weight excluding hydrogens is 480 g/mol. The van der Waals surface area contributed by atoms with Gasteiger partial charge in [-0.3, -0.25) is 0 Å². The summed E-state index contributed by atoms with van der Waals surface area (Å²) in [7, 11) is 0. The summed E-state index contributed by atoms with van der Waals surface area (Å²) in [6.45, 7) is 0. The Kier molecular flexibility index (Phi) is 4.02. The van der Waals surface area contributed by atoms with Crippen LogP contribution in [0.1, 0.15) is 0 Å². The van der Waals surface area contributed by atoms with E-state index in [9.17, 15) is 0 Å². The maximum atomic E-state index is 6.26. The molecule has 0 amide bonds. The van der Waals surface area contributed by atoms with E-state index >= 15 is 0 Å². The SMILES string of the molecule is c1ccc2c(c1)ccc1c3ccccc3n(-c3ccc4oc5ccc(-c6nc7ccccc7o6)cc5c4c3)c21. The molecule has 0 bridgehead atoms. The fourth-order valence-corrected chi connectivity index (χ4v) is 6.03. The first-order valence-corrected chi connectivity index (χ1v) is 13.1. The van der Waals surface area contributed by atoms with Crippen molar-refractivity contribution in [1.29, 1.82) is 0 Å². The third-order valence-electron chi connectivity index (χ3n) is 7.81. The number of rotatable bonds is 2. The number of fused-ring (bicyclic) bond motifs is 9. The van der Waals surface area contributed by atoms with Gasteiger partial charge in [-0.15, -0.1) is 0 Å². The molecule has 182 valence electrons. The van der Waals surface area contributed by atoms with Crippen molar-refractivity contribution in [3.05, 3.63) is 121 Å². The summed E-state index contributed by atoms with van der Waals surface area (Å²) in [4.78, 5) is 4.71. The summed E-state index contributed by atoms with van der Waals surface area (Å²) in [5, 5.41) is 7.06. The van der Waals surface area contributed by atoms with Gasteiger partial charge in [0, 0.05) is 38.2 Å². The Balaban J connectivity index is 1.32. The Morgan fingerprint density at radius 2 is 1.28 bits per heavy atom. The molecule has 6 aromatic carbocycles. The lowest BCUT2D eigenvalue weighted by Crippen LogP contribution is -1.94. The van der Waals surface area contributed by atoms with Crippen LogP contribution in [0.5, 0.6) is 0 Å². The van der Waals surface area contributed by atoms with E-state index in [-0.39, 0.29) is 0 Å². The topological polar surface area (TPSA) is 44.1 Å². The zero-order valence-corrected chi connectivity index (χ0v) is 20.8. The van der Waals surface area contributed by atoms with E-state index in [1.165, 1.54) is 32.6 Å². The van der Waals surface area contributed by atoms with Gasteiger partial charge in [0.05, 0.1) is 11.0 Å². The Morgan fingerprint density at radius 1 is 0.513 bits per heavy atom. The van der Waals surface area contributed by atoms with Crippen LogP contribution in [0, 0.1) is 0 Å².